The maximum absolute atomic E-state index is 12.0. The molecule has 3 heterocycles. The van der Waals surface area contributed by atoms with Crippen LogP contribution in [-0.4, -0.2) is 34.0 Å². The second kappa shape index (κ2) is 6.15. The van der Waals surface area contributed by atoms with Crippen LogP contribution in [0, 0.1) is 0 Å². The zero-order valence-corrected chi connectivity index (χ0v) is 11.9. The number of piperidine rings is 1. The molecule has 2 N–H and O–H groups in total. The number of rotatable bonds is 4. The fourth-order valence-electron chi connectivity index (χ4n) is 2.30. The van der Waals surface area contributed by atoms with Crippen molar-refractivity contribution in [3.05, 3.63) is 34.3 Å². The van der Waals surface area contributed by atoms with Crippen LogP contribution < -0.4 is 10.6 Å². The molecule has 6 nitrogen and oxygen atoms in total. The molecule has 3 rings (SSSR count). The van der Waals surface area contributed by atoms with Crippen molar-refractivity contribution in [1.29, 1.82) is 0 Å². The summed E-state index contributed by atoms with van der Waals surface area (Å²) < 4.78 is 1.82. The molecule has 0 spiro atoms. The summed E-state index contributed by atoms with van der Waals surface area (Å²) in [6, 6.07) is 2.35. The first-order chi connectivity index (χ1) is 9.83. The van der Waals surface area contributed by atoms with Gasteiger partial charge in [-0.1, -0.05) is 5.21 Å². The van der Waals surface area contributed by atoms with Gasteiger partial charge in [0.05, 0.1) is 12.2 Å². The summed E-state index contributed by atoms with van der Waals surface area (Å²) in [5, 5.41) is 18.2. The van der Waals surface area contributed by atoms with Gasteiger partial charge in [0.2, 0.25) is 0 Å². The van der Waals surface area contributed by atoms with Gasteiger partial charge in [-0.2, -0.15) is 11.3 Å². The molecule has 0 radical (unpaired) electrons. The maximum Gasteiger partial charge on any atom is 0.273 e. The summed E-state index contributed by atoms with van der Waals surface area (Å²) in [7, 11) is 0. The number of thiophene rings is 1. The lowest BCUT2D eigenvalue weighted by Gasteiger charge is -2.22. The van der Waals surface area contributed by atoms with Gasteiger partial charge < -0.3 is 10.6 Å². The molecule has 0 saturated carbocycles. The Bertz CT molecular complexity index is 559. The van der Waals surface area contributed by atoms with Gasteiger partial charge in [-0.3, -0.25) is 4.79 Å². The van der Waals surface area contributed by atoms with Gasteiger partial charge in [-0.05, 0) is 48.3 Å². The van der Waals surface area contributed by atoms with Crippen LogP contribution in [-0.2, 0) is 6.54 Å². The number of hydrogen-bond donors (Lipinski definition) is 2. The standard InChI is InChI=1S/C13H17N5OS/c19-13(15-7-10-3-6-20-9-10)12-8-18(17-16-12)11-1-4-14-5-2-11/h3,6,8-9,11,14H,1-2,4-5,7H2,(H,15,19). The minimum Gasteiger partial charge on any atom is -0.346 e. The SMILES string of the molecule is O=C(NCc1ccsc1)c1cn(C2CCNCC2)nn1. The maximum atomic E-state index is 12.0. The Labute approximate surface area is 121 Å². The highest BCUT2D eigenvalue weighted by atomic mass is 32.1. The quantitative estimate of drug-likeness (QED) is 0.888. The third-order valence-corrected chi connectivity index (χ3v) is 4.19. The van der Waals surface area contributed by atoms with Crippen LogP contribution in [0.15, 0.2) is 23.0 Å². The van der Waals surface area contributed by atoms with Crippen molar-refractivity contribution in [1.82, 2.24) is 25.6 Å². The number of hydrogen-bond acceptors (Lipinski definition) is 5. The Balaban J connectivity index is 1.59. The second-order valence-electron chi connectivity index (χ2n) is 4.88. The molecule has 0 aliphatic carbocycles. The number of nitrogens with one attached hydrogen (secondary N) is 2. The molecule has 0 aromatic carbocycles. The summed E-state index contributed by atoms with van der Waals surface area (Å²) in [4.78, 5) is 12.0. The topological polar surface area (TPSA) is 71.8 Å². The van der Waals surface area contributed by atoms with E-state index in [-0.39, 0.29) is 5.91 Å². The Kier molecular flexibility index (Phi) is 4.08. The molecular formula is C13H17N5OS. The zero-order valence-electron chi connectivity index (χ0n) is 11.1. The van der Waals surface area contributed by atoms with Crippen molar-refractivity contribution in [3.8, 4) is 0 Å². The van der Waals surface area contributed by atoms with E-state index in [2.05, 4.69) is 20.9 Å². The van der Waals surface area contributed by atoms with Crippen LogP contribution in [0.25, 0.3) is 0 Å². The molecule has 1 aliphatic heterocycles. The molecule has 1 fully saturated rings. The Morgan fingerprint density at radius 3 is 3.10 bits per heavy atom. The number of aromatic nitrogens is 3. The summed E-state index contributed by atoms with van der Waals surface area (Å²) in [5.74, 6) is -0.170. The summed E-state index contributed by atoms with van der Waals surface area (Å²) in [6.07, 6.45) is 3.80. The first-order valence-corrected chi connectivity index (χ1v) is 7.69. The smallest absolute Gasteiger partial charge is 0.273 e. The summed E-state index contributed by atoms with van der Waals surface area (Å²) in [6.45, 7) is 2.51. The number of amides is 1. The van der Waals surface area contributed by atoms with E-state index >= 15 is 0 Å². The van der Waals surface area contributed by atoms with Crippen LogP contribution in [0.2, 0.25) is 0 Å². The van der Waals surface area contributed by atoms with E-state index in [0.717, 1.165) is 31.5 Å². The molecule has 1 saturated heterocycles. The Morgan fingerprint density at radius 2 is 2.35 bits per heavy atom. The van der Waals surface area contributed by atoms with Gasteiger partial charge in [0.15, 0.2) is 5.69 Å². The molecular weight excluding hydrogens is 274 g/mol. The number of nitrogens with zero attached hydrogens (tertiary/aromatic N) is 3. The highest BCUT2D eigenvalue weighted by Gasteiger charge is 2.18. The highest BCUT2D eigenvalue weighted by Crippen LogP contribution is 2.17. The van der Waals surface area contributed by atoms with E-state index in [1.807, 2.05) is 21.5 Å². The van der Waals surface area contributed by atoms with E-state index in [1.54, 1.807) is 17.5 Å². The lowest BCUT2D eigenvalue weighted by molar-refractivity contribution is 0.0946. The van der Waals surface area contributed by atoms with E-state index in [0.29, 0.717) is 18.3 Å². The fraction of sp³-hybridized carbons (Fsp3) is 0.462. The molecule has 2 aromatic heterocycles. The molecule has 2 aromatic rings. The fourth-order valence-corrected chi connectivity index (χ4v) is 2.97. The first kappa shape index (κ1) is 13.3. The lowest BCUT2D eigenvalue weighted by Crippen LogP contribution is -2.29. The van der Waals surface area contributed by atoms with Crippen LogP contribution in [0.1, 0.15) is 34.9 Å². The highest BCUT2D eigenvalue weighted by molar-refractivity contribution is 7.07. The molecule has 1 amide bonds. The van der Waals surface area contributed by atoms with Gasteiger partial charge in [-0.15, -0.1) is 5.10 Å². The molecule has 106 valence electrons. The average molecular weight is 291 g/mol. The lowest BCUT2D eigenvalue weighted by atomic mass is 10.1. The summed E-state index contributed by atoms with van der Waals surface area (Å²) in [5.41, 5.74) is 1.49. The molecule has 20 heavy (non-hydrogen) atoms. The van der Waals surface area contributed by atoms with Gasteiger partial charge in [-0.25, -0.2) is 4.68 Å². The third kappa shape index (κ3) is 3.05. The predicted molar refractivity (Wildman–Crippen MR) is 76.7 cm³/mol. The molecule has 0 atom stereocenters. The molecule has 7 heteroatoms. The second-order valence-corrected chi connectivity index (χ2v) is 5.66. The molecule has 0 bridgehead atoms. The largest absolute Gasteiger partial charge is 0.346 e. The van der Waals surface area contributed by atoms with Gasteiger partial charge in [0.1, 0.15) is 0 Å². The number of carbonyl (C=O) groups excluding carboxylic acids is 1. The monoisotopic (exact) mass is 291 g/mol. The van der Waals surface area contributed by atoms with Crippen molar-refractivity contribution < 1.29 is 4.79 Å². The van der Waals surface area contributed by atoms with E-state index in [4.69, 9.17) is 0 Å². The van der Waals surface area contributed by atoms with Gasteiger partial charge in [0, 0.05) is 6.54 Å². The van der Waals surface area contributed by atoms with Crippen molar-refractivity contribution in [3.63, 3.8) is 0 Å². The normalized spacial score (nSPS) is 16.2. The predicted octanol–water partition coefficient (Wildman–Crippen LogP) is 1.19. The van der Waals surface area contributed by atoms with Crippen molar-refractivity contribution in [2.24, 2.45) is 0 Å². The summed E-state index contributed by atoms with van der Waals surface area (Å²) >= 11 is 1.62. The minimum absolute atomic E-state index is 0.170. The van der Waals surface area contributed by atoms with E-state index in [1.165, 1.54) is 0 Å². The van der Waals surface area contributed by atoms with Crippen LogP contribution >= 0.6 is 11.3 Å². The third-order valence-electron chi connectivity index (χ3n) is 3.46. The van der Waals surface area contributed by atoms with Crippen LogP contribution in [0.3, 0.4) is 0 Å². The van der Waals surface area contributed by atoms with Gasteiger partial charge >= 0.3 is 0 Å². The Morgan fingerprint density at radius 1 is 1.50 bits per heavy atom. The molecule has 1 aliphatic rings. The zero-order chi connectivity index (χ0) is 13.8. The molecule has 0 unspecified atom stereocenters. The Hall–Kier alpha value is -1.73. The van der Waals surface area contributed by atoms with Crippen molar-refractivity contribution >= 4 is 17.2 Å². The van der Waals surface area contributed by atoms with E-state index in [9.17, 15) is 4.79 Å². The van der Waals surface area contributed by atoms with Crippen molar-refractivity contribution in [2.45, 2.75) is 25.4 Å². The van der Waals surface area contributed by atoms with E-state index < -0.39 is 0 Å². The number of carbonyl (C=O) groups is 1. The van der Waals surface area contributed by atoms with Gasteiger partial charge in [0.25, 0.3) is 5.91 Å². The van der Waals surface area contributed by atoms with Crippen LogP contribution in [0.4, 0.5) is 0 Å². The minimum atomic E-state index is -0.170. The first-order valence-electron chi connectivity index (χ1n) is 6.75. The van der Waals surface area contributed by atoms with Crippen LogP contribution in [0.5, 0.6) is 0 Å². The van der Waals surface area contributed by atoms with Crippen molar-refractivity contribution in [2.75, 3.05) is 13.1 Å². The average Bonchev–Trinajstić information content (AvgIpc) is 3.17.